The minimum absolute atomic E-state index is 0.000918. The van der Waals surface area contributed by atoms with Crippen molar-refractivity contribution in [3.8, 4) is 29.0 Å². The van der Waals surface area contributed by atoms with Crippen molar-refractivity contribution in [3.63, 3.8) is 0 Å². The number of aromatic nitrogens is 3. The first kappa shape index (κ1) is 16.8. The number of hydrogen-bond donors (Lipinski definition) is 1. The number of fused-ring (bicyclic) bond motifs is 1. The predicted molar refractivity (Wildman–Crippen MR) is 100 cm³/mol. The molecule has 0 fully saturated rings. The number of nitrogens with zero attached hydrogens (tertiary/aromatic N) is 4. The molecule has 4 rings (SSSR count). The zero-order valence-electron chi connectivity index (χ0n) is 14.2. The van der Waals surface area contributed by atoms with Gasteiger partial charge in [-0.3, -0.25) is 5.32 Å². The van der Waals surface area contributed by atoms with Gasteiger partial charge in [0, 0.05) is 5.56 Å². The number of nitriles is 1. The van der Waals surface area contributed by atoms with Crippen molar-refractivity contribution in [3.05, 3.63) is 42.5 Å². The topological polar surface area (TPSA) is 106 Å². The first-order valence-electron chi connectivity index (χ1n) is 7.91. The summed E-state index contributed by atoms with van der Waals surface area (Å²) in [7, 11) is 1.61. The molecule has 0 aliphatic carbocycles. The van der Waals surface area contributed by atoms with Crippen molar-refractivity contribution in [1.29, 1.82) is 5.26 Å². The summed E-state index contributed by atoms with van der Waals surface area (Å²) in [5, 5.41) is 20.2. The molecular weight excluding hydrogens is 366 g/mol. The molecule has 0 unspecified atom stereocenters. The molecule has 1 N–H and O–H groups in total. The average Bonchev–Trinajstić information content (AvgIpc) is 3.33. The van der Waals surface area contributed by atoms with E-state index < -0.39 is 0 Å². The molecular formula is C18H13N5O3S. The summed E-state index contributed by atoms with van der Waals surface area (Å²) in [4.78, 5) is 4.51. The van der Waals surface area contributed by atoms with E-state index in [1.165, 1.54) is 11.3 Å². The molecule has 2 heterocycles. The Hall–Kier alpha value is -3.64. The van der Waals surface area contributed by atoms with Gasteiger partial charge >= 0.3 is 6.01 Å². The van der Waals surface area contributed by atoms with E-state index in [-0.39, 0.29) is 12.6 Å². The Labute approximate surface area is 158 Å². The number of rotatable bonds is 6. The fraction of sp³-hybridized carbons (Fsp3) is 0.111. The van der Waals surface area contributed by atoms with Crippen molar-refractivity contribution >= 4 is 32.7 Å². The van der Waals surface area contributed by atoms with E-state index in [9.17, 15) is 0 Å². The van der Waals surface area contributed by atoms with Crippen LogP contribution >= 0.6 is 11.3 Å². The van der Waals surface area contributed by atoms with Crippen LogP contribution in [0.4, 0.5) is 11.1 Å². The van der Waals surface area contributed by atoms with Crippen LogP contribution in [0.3, 0.4) is 0 Å². The fourth-order valence-electron chi connectivity index (χ4n) is 2.43. The quantitative estimate of drug-likeness (QED) is 0.536. The second kappa shape index (κ2) is 7.31. The highest BCUT2D eigenvalue weighted by molar-refractivity contribution is 7.22. The Kier molecular flexibility index (Phi) is 4.55. The number of methoxy groups -OCH3 is 1. The predicted octanol–water partition coefficient (Wildman–Crippen LogP) is 4.00. The van der Waals surface area contributed by atoms with Crippen molar-refractivity contribution in [2.75, 3.05) is 19.0 Å². The lowest BCUT2D eigenvalue weighted by atomic mass is 10.2. The number of ether oxygens (including phenoxy) is 2. The van der Waals surface area contributed by atoms with Gasteiger partial charge in [-0.1, -0.05) is 22.5 Å². The maximum atomic E-state index is 8.53. The fourth-order valence-corrected chi connectivity index (χ4v) is 3.31. The molecule has 8 nitrogen and oxygen atoms in total. The summed E-state index contributed by atoms with van der Waals surface area (Å²) in [6, 6.07) is 15.0. The molecule has 27 heavy (non-hydrogen) atoms. The SMILES string of the molecule is COc1cccc2sc(Nc3nnc(-c4ccc(OCC#N)cc4)o3)nc12. The van der Waals surface area contributed by atoms with Crippen LogP contribution in [-0.4, -0.2) is 28.9 Å². The molecule has 2 aromatic carbocycles. The molecule has 2 aromatic heterocycles. The van der Waals surface area contributed by atoms with Crippen LogP contribution in [0.25, 0.3) is 21.7 Å². The van der Waals surface area contributed by atoms with E-state index in [4.69, 9.17) is 19.2 Å². The van der Waals surface area contributed by atoms with Gasteiger partial charge in [0.15, 0.2) is 11.7 Å². The zero-order valence-corrected chi connectivity index (χ0v) is 15.0. The maximum Gasteiger partial charge on any atom is 0.322 e. The summed E-state index contributed by atoms with van der Waals surface area (Å²) in [5.74, 6) is 1.67. The summed E-state index contributed by atoms with van der Waals surface area (Å²) < 4.78 is 17.2. The van der Waals surface area contributed by atoms with Gasteiger partial charge in [-0.25, -0.2) is 4.98 Å². The molecule has 0 saturated heterocycles. The molecule has 9 heteroatoms. The lowest BCUT2D eigenvalue weighted by molar-refractivity contribution is 0.368. The molecule has 0 spiro atoms. The molecule has 0 saturated carbocycles. The normalized spacial score (nSPS) is 10.5. The van der Waals surface area contributed by atoms with E-state index >= 15 is 0 Å². The van der Waals surface area contributed by atoms with Gasteiger partial charge in [0.25, 0.3) is 0 Å². The molecule has 0 bridgehead atoms. The second-order valence-corrected chi connectivity index (χ2v) is 6.37. The van der Waals surface area contributed by atoms with E-state index in [1.807, 2.05) is 24.3 Å². The number of benzene rings is 2. The standard InChI is InChI=1S/C18H13N5O3S/c1-24-13-3-2-4-14-15(13)20-18(27-14)21-17-23-22-16(26-17)11-5-7-12(8-6-11)25-10-9-19/h2-8H,10H2,1H3,(H,20,21,23). The molecule has 0 radical (unpaired) electrons. The Bertz CT molecular complexity index is 1110. The van der Waals surface area contributed by atoms with Gasteiger partial charge in [0.1, 0.15) is 23.1 Å². The Morgan fingerprint density at radius 3 is 2.81 bits per heavy atom. The van der Waals surface area contributed by atoms with E-state index in [0.717, 1.165) is 15.8 Å². The van der Waals surface area contributed by atoms with Gasteiger partial charge < -0.3 is 13.9 Å². The minimum atomic E-state index is 0.000918. The molecule has 134 valence electrons. The van der Waals surface area contributed by atoms with Crippen LogP contribution in [0.5, 0.6) is 11.5 Å². The van der Waals surface area contributed by atoms with Crippen LogP contribution in [0.15, 0.2) is 46.9 Å². The van der Waals surface area contributed by atoms with Crippen molar-refractivity contribution in [2.24, 2.45) is 0 Å². The van der Waals surface area contributed by atoms with Gasteiger partial charge in [0.05, 0.1) is 11.8 Å². The monoisotopic (exact) mass is 379 g/mol. The molecule has 0 aliphatic heterocycles. The Morgan fingerprint density at radius 2 is 2.04 bits per heavy atom. The third-order valence-electron chi connectivity index (χ3n) is 3.65. The largest absolute Gasteiger partial charge is 0.494 e. The summed E-state index contributed by atoms with van der Waals surface area (Å²) in [5.41, 5.74) is 1.52. The third-order valence-corrected chi connectivity index (χ3v) is 4.58. The lowest BCUT2D eigenvalue weighted by Gasteiger charge is -2.01. The first-order valence-corrected chi connectivity index (χ1v) is 8.73. The summed E-state index contributed by atoms with van der Waals surface area (Å²) in [6.45, 7) is 0.000918. The summed E-state index contributed by atoms with van der Waals surface area (Å²) in [6.07, 6.45) is 0. The van der Waals surface area contributed by atoms with Crippen LogP contribution < -0.4 is 14.8 Å². The second-order valence-electron chi connectivity index (χ2n) is 5.33. The smallest absolute Gasteiger partial charge is 0.322 e. The van der Waals surface area contributed by atoms with Gasteiger partial charge in [-0.15, -0.1) is 5.10 Å². The number of hydrogen-bond acceptors (Lipinski definition) is 9. The number of nitrogens with one attached hydrogen (secondary N) is 1. The highest BCUT2D eigenvalue weighted by Crippen LogP contribution is 2.33. The lowest BCUT2D eigenvalue weighted by Crippen LogP contribution is -1.92. The van der Waals surface area contributed by atoms with Gasteiger partial charge in [-0.05, 0) is 36.4 Å². The highest BCUT2D eigenvalue weighted by Gasteiger charge is 2.13. The van der Waals surface area contributed by atoms with Gasteiger partial charge in [-0.2, -0.15) is 5.26 Å². The van der Waals surface area contributed by atoms with Crippen molar-refractivity contribution in [2.45, 2.75) is 0 Å². The van der Waals surface area contributed by atoms with Crippen molar-refractivity contribution < 1.29 is 13.9 Å². The van der Waals surface area contributed by atoms with E-state index in [1.54, 1.807) is 31.4 Å². The van der Waals surface area contributed by atoms with Crippen LogP contribution in [0.2, 0.25) is 0 Å². The maximum absolute atomic E-state index is 8.53. The molecule has 0 amide bonds. The average molecular weight is 379 g/mol. The Morgan fingerprint density at radius 1 is 1.19 bits per heavy atom. The van der Waals surface area contributed by atoms with Crippen LogP contribution in [0, 0.1) is 11.3 Å². The van der Waals surface area contributed by atoms with Crippen LogP contribution in [0.1, 0.15) is 0 Å². The Balaban J connectivity index is 1.52. The zero-order chi connectivity index (χ0) is 18.6. The van der Waals surface area contributed by atoms with E-state index in [2.05, 4.69) is 20.5 Å². The minimum Gasteiger partial charge on any atom is -0.494 e. The first-order chi connectivity index (χ1) is 13.3. The number of thiazole rings is 1. The molecule has 0 aliphatic rings. The van der Waals surface area contributed by atoms with Crippen molar-refractivity contribution in [1.82, 2.24) is 15.2 Å². The number of para-hydroxylation sites is 1. The van der Waals surface area contributed by atoms with Gasteiger partial charge in [0.2, 0.25) is 5.89 Å². The highest BCUT2D eigenvalue weighted by atomic mass is 32.1. The van der Waals surface area contributed by atoms with E-state index in [0.29, 0.717) is 22.5 Å². The molecule has 4 aromatic rings. The summed E-state index contributed by atoms with van der Waals surface area (Å²) >= 11 is 1.46. The number of anilines is 2. The third kappa shape index (κ3) is 3.51. The van der Waals surface area contributed by atoms with Crippen LogP contribution in [-0.2, 0) is 0 Å². The molecule has 0 atom stereocenters.